The van der Waals surface area contributed by atoms with Gasteiger partial charge in [0.1, 0.15) is 13.3 Å². The number of esters is 2. The second-order valence-electron chi connectivity index (χ2n) is 9.53. The van der Waals surface area contributed by atoms with Crippen LogP contribution in [0.25, 0.3) is 5.70 Å². The normalized spacial score (nSPS) is 14.8. The van der Waals surface area contributed by atoms with Crippen molar-refractivity contribution in [3.05, 3.63) is 124 Å². The molecule has 41 heavy (non-hydrogen) atoms. The maximum absolute atomic E-state index is 14.1. The predicted octanol–water partition coefficient (Wildman–Crippen LogP) is 6.26. The van der Waals surface area contributed by atoms with Crippen molar-refractivity contribution < 1.29 is 23.8 Å². The van der Waals surface area contributed by atoms with Gasteiger partial charge in [0.05, 0.1) is 29.4 Å². The topological polar surface area (TPSA) is 65.1 Å². The Bertz CT molecular complexity index is 1480. The SMILES string of the molecule is CCOCN1C(C)=C(C(=O)OCC)C(C#Cc2ccccc2)C(C(=O)OCc2ccc(C)cc2)=C1c1ccccc1. The molecule has 210 valence electrons. The van der Waals surface area contributed by atoms with Gasteiger partial charge in [0.25, 0.3) is 0 Å². The summed E-state index contributed by atoms with van der Waals surface area (Å²) in [6.07, 6.45) is 0. The van der Waals surface area contributed by atoms with Crippen molar-refractivity contribution in [3.8, 4) is 11.8 Å². The first kappa shape index (κ1) is 29.4. The molecule has 1 atom stereocenters. The Balaban J connectivity index is 1.92. The van der Waals surface area contributed by atoms with Crippen LogP contribution in [0.1, 0.15) is 43.0 Å². The molecule has 0 aliphatic carbocycles. The van der Waals surface area contributed by atoms with Crippen LogP contribution >= 0.6 is 0 Å². The molecule has 4 rings (SSSR count). The van der Waals surface area contributed by atoms with E-state index in [1.807, 2.05) is 111 Å². The number of hydrogen-bond acceptors (Lipinski definition) is 6. The smallest absolute Gasteiger partial charge is 0.338 e. The van der Waals surface area contributed by atoms with Gasteiger partial charge in [-0.15, -0.1) is 0 Å². The third kappa shape index (κ3) is 7.13. The summed E-state index contributed by atoms with van der Waals surface area (Å²) >= 11 is 0. The van der Waals surface area contributed by atoms with Gasteiger partial charge in [0.15, 0.2) is 0 Å². The van der Waals surface area contributed by atoms with Crippen LogP contribution in [-0.2, 0) is 30.4 Å². The summed E-state index contributed by atoms with van der Waals surface area (Å²) in [6, 6.07) is 26.8. The molecular formula is C35H35NO5. The molecule has 3 aromatic rings. The zero-order chi connectivity index (χ0) is 29.2. The van der Waals surface area contributed by atoms with E-state index in [-0.39, 0.29) is 31.1 Å². The van der Waals surface area contributed by atoms with Gasteiger partial charge in [-0.05, 0) is 51.0 Å². The molecule has 6 heteroatoms. The quantitative estimate of drug-likeness (QED) is 0.232. The summed E-state index contributed by atoms with van der Waals surface area (Å²) in [6.45, 7) is 8.32. The summed E-state index contributed by atoms with van der Waals surface area (Å²) < 4.78 is 17.2. The van der Waals surface area contributed by atoms with Gasteiger partial charge in [0, 0.05) is 17.9 Å². The number of rotatable bonds is 9. The lowest BCUT2D eigenvalue weighted by atomic mass is 9.83. The fourth-order valence-corrected chi connectivity index (χ4v) is 4.62. The number of allylic oxidation sites excluding steroid dienone is 1. The lowest BCUT2D eigenvalue weighted by Gasteiger charge is -2.37. The molecule has 1 aliphatic heterocycles. The van der Waals surface area contributed by atoms with E-state index in [0.717, 1.165) is 22.3 Å². The first-order valence-corrected chi connectivity index (χ1v) is 13.8. The first-order valence-electron chi connectivity index (χ1n) is 13.8. The van der Waals surface area contributed by atoms with Crippen LogP contribution in [0.15, 0.2) is 102 Å². The lowest BCUT2D eigenvalue weighted by Crippen LogP contribution is -2.37. The monoisotopic (exact) mass is 549 g/mol. The van der Waals surface area contributed by atoms with Gasteiger partial charge in [-0.25, -0.2) is 9.59 Å². The van der Waals surface area contributed by atoms with E-state index in [2.05, 4.69) is 11.8 Å². The molecular weight excluding hydrogens is 514 g/mol. The highest BCUT2D eigenvalue weighted by atomic mass is 16.5. The third-order valence-corrected chi connectivity index (χ3v) is 6.71. The Morgan fingerprint density at radius 1 is 0.780 bits per heavy atom. The van der Waals surface area contributed by atoms with E-state index in [1.165, 1.54) is 0 Å². The van der Waals surface area contributed by atoms with Gasteiger partial charge in [-0.1, -0.05) is 90.2 Å². The van der Waals surface area contributed by atoms with Crippen LogP contribution in [0.5, 0.6) is 0 Å². The molecule has 6 nitrogen and oxygen atoms in total. The largest absolute Gasteiger partial charge is 0.463 e. The highest BCUT2D eigenvalue weighted by Gasteiger charge is 2.41. The molecule has 0 amide bonds. The number of carbonyl (C=O) groups is 2. The fraction of sp³-hybridized carbons (Fsp3) is 0.257. The minimum absolute atomic E-state index is 0.0758. The van der Waals surface area contributed by atoms with E-state index in [9.17, 15) is 9.59 Å². The van der Waals surface area contributed by atoms with Gasteiger partial charge < -0.3 is 19.1 Å². The molecule has 0 bridgehead atoms. The average molecular weight is 550 g/mol. The number of nitrogens with zero attached hydrogens (tertiary/aromatic N) is 1. The Morgan fingerprint density at radius 3 is 2.05 bits per heavy atom. The maximum atomic E-state index is 14.1. The number of aryl methyl sites for hydroxylation is 1. The first-order chi connectivity index (χ1) is 19.9. The predicted molar refractivity (Wildman–Crippen MR) is 159 cm³/mol. The summed E-state index contributed by atoms with van der Waals surface area (Å²) in [7, 11) is 0. The van der Waals surface area contributed by atoms with Crippen molar-refractivity contribution in [1.29, 1.82) is 0 Å². The van der Waals surface area contributed by atoms with Crippen molar-refractivity contribution in [2.24, 2.45) is 5.92 Å². The van der Waals surface area contributed by atoms with E-state index in [0.29, 0.717) is 18.0 Å². The molecule has 0 saturated carbocycles. The number of benzene rings is 3. The molecule has 0 saturated heterocycles. The maximum Gasteiger partial charge on any atom is 0.338 e. The molecule has 0 N–H and O–H groups in total. The molecule has 3 aromatic carbocycles. The highest BCUT2D eigenvalue weighted by molar-refractivity contribution is 6.04. The Morgan fingerprint density at radius 2 is 1.41 bits per heavy atom. The second kappa shape index (κ2) is 14.2. The minimum atomic E-state index is -0.896. The van der Waals surface area contributed by atoms with E-state index < -0.39 is 17.9 Å². The molecule has 1 unspecified atom stereocenters. The van der Waals surface area contributed by atoms with Crippen molar-refractivity contribution in [2.45, 2.75) is 34.3 Å². The summed E-state index contributed by atoms with van der Waals surface area (Å²) in [5.41, 5.74) is 5.27. The zero-order valence-corrected chi connectivity index (χ0v) is 24.0. The molecule has 1 aliphatic rings. The number of carbonyl (C=O) groups excluding carboxylic acids is 2. The van der Waals surface area contributed by atoms with Crippen molar-refractivity contribution in [3.63, 3.8) is 0 Å². The van der Waals surface area contributed by atoms with Crippen molar-refractivity contribution in [2.75, 3.05) is 19.9 Å². The molecule has 0 aromatic heterocycles. The fourth-order valence-electron chi connectivity index (χ4n) is 4.62. The van der Waals surface area contributed by atoms with Gasteiger partial charge in [-0.3, -0.25) is 0 Å². The molecule has 1 heterocycles. The number of ether oxygens (including phenoxy) is 3. The van der Waals surface area contributed by atoms with E-state index in [1.54, 1.807) is 6.92 Å². The van der Waals surface area contributed by atoms with Gasteiger partial charge >= 0.3 is 11.9 Å². The van der Waals surface area contributed by atoms with Crippen LogP contribution in [0.2, 0.25) is 0 Å². The molecule has 0 radical (unpaired) electrons. The Kier molecular flexibility index (Phi) is 10.1. The summed E-state index contributed by atoms with van der Waals surface area (Å²) in [4.78, 5) is 29.4. The van der Waals surface area contributed by atoms with Crippen LogP contribution in [0.3, 0.4) is 0 Å². The van der Waals surface area contributed by atoms with Crippen LogP contribution in [-0.4, -0.2) is 36.8 Å². The van der Waals surface area contributed by atoms with E-state index >= 15 is 0 Å². The van der Waals surface area contributed by atoms with Crippen LogP contribution in [0.4, 0.5) is 0 Å². The van der Waals surface area contributed by atoms with Crippen molar-refractivity contribution in [1.82, 2.24) is 4.90 Å². The second-order valence-corrected chi connectivity index (χ2v) is 9.53. The minimum Gasteiger partial charge on any atom is -0.463 e. The highest BCUT2D eigenvalue weighted by Crippen LogP contribution is 2.41. The molecule has 0 spiro atoms. The summed E-state index contributed by atoms with van der Waals surface area (Å²) in [5, 5.41) is 0. The summed E-state index contributed by atoms with van der Waals surface area (Å²) in [5.74, 6) is 4.42. The van der Waals surface area contributed by atoms with E-state index in [4.69, 9.17) is 14.2 Å². The van der Waals surface area contributed by atoms with Gasteiger partial charge in [0.2, 0.25) is 0 Å². The molecule has 0 fully saturated rings. The Hall–Kier alpha value is -4.60. The van der Waals surface area contributed by atoms with Crippen LogP contribution in [0, 0.1) is 24.7 Å². The number of hydrogen-bond donors (Lipinski definition) is 0. The van der Waals surface area contributed by atoms with Gasteiger partial charge in [-0.2, -0.15) is 0 Å². The van der Waals surface area contributed by atoms with Crippen molar-refractivity contribution >= 4 is 17.6 Å². The third-order valence-electron chi connectivity index (χ3n) is 6.71. The average Bonchev–Trinajstić information content (AvgIpc) is 2.99. The standard InChI is InChI=1S/C35H35NO5/c1-5-39-24-36-26(4)31(34(37)40-6-2)30(22-21-27-13-9-7-10-14-27)32(33(36)29-15-11-8-12-16-29)35(38)41-23-28-19-17-25(3)18-20-28/h7-20,30H,5-6,23-24H2,1-4H3. The Labute approximate surface area is 242 Å². The zero-order valence-electron chi connectivity index (χ0n) is 24.0. The van der Waals surface area contributed by atoms with Crippen LogP contribution < -0.4 is 0 Å². The lowest BCUT2D eigenvalue weighted by molar-refractivity contribution is -0.141.